The van der Waals surface area contributed by atoms with E-state index in [9.17, 15) is 22.4 Å². The van der Waals surface area contributed by atoms with Crippen molar-refractivity contribution >= 4 is 11.6 Å². The van der Waals surface area contributed by atoms with Crippen LogP contribution in [0.1, 0.15) is 24.1 Å². The second kappa shape index (κ2) is 8.51. The summed E-state index contributed by atoms with van der Waals surface area (Å²) in [6.07, 6.45) is -2.09. The number of rotatable bonds is 5. The van der Waals surface area contributed by atoms with E-state index in [-0.39, 0.29) is 17.2 Å². The third-order valence-corrected chi connectivity index (χ3v) is 5.03. The fourth-order valence-corrected chi connectivity index (χ4v) is 3.30. The Morgan fingerprint density at radius 2 is 2.09 bits per heavy atom. The van der Waals surface area contributed by atoms with Gasteiger partial charge >= 0.3 is 6.18 Å². The quantitative estimate of drug-likeness (QED) is 0.550. The minimum absolute atomic E-state index is 0.0248. The summed E-state index contributed by atoms with van der Waals surface area (Å²) in [6.45, 7) is 4.34. The Hall–Kier alpha value is -3.39. The third-order valence-electron chi connectivity index (χ3n) is 5.03. The van der Waals surface area contributed by atoms with Crippen LogP contribution in [-0.4, -0.2) is 55.2 Å². The fraction of sp³-hybridized carbons (Fsp3) is 0.421. The zero-order chi connectivity index (χ0) is 23.8. The number of anilines is 1. The minimum Gasteiger partial charge on any atom is -0.378 e. The first kappa shape index (κ1) is 22.8. The van der Waals surface area contributed by atoms with E-state index in [1.165, 1.54) is 24.1 Å². The van der Waals surface area contributed by atoms with Crippen molar-refractivity contribution in [2.45, 2.75) is 32.1 Å². The van der Waals surface area contributed by atoms with E-state index in [4.69, 9.17) is 4.74 Å². The lowest BCUT2D eigenvalue weighted by atomic mass is 10.0. The van der Waals surface area contributed by atoms with Crippen molar-refractivity contribution in [3.8, 4) is 5.82 Å². The van der Waals surface area contributed by atoms with Crippen molar-refractivity contribution < 1.29 is 27.1 Å². The number of alkyl halides is 3. The number of carbonyl (C=O) groups is 1. The van der Waals surface area contributed by atoms with E-state index in [2.05, 4.69) is 30.8 Å². The number of halogens is 4. The summed E-state index contributed by atoms with van der Waals surface area (Å²) >= 11 is 0. The van der Waals surface area contributed by atoms with Crippen molar-refractivity contribution in [1.29, 1.82) is 0 Å². The van der Waals surface area contributed by atoms with Crippen LogP contribution >= 0.6 is 0 Å². The zero-order valence-electron chi connectivity index (χ0n) is 17.6. The highest BCUT2D eigenvalue weighted by molar-refractivity contribution is 5.90. The maximum atomic E-state index is 14.7. The normalized spacial score (nSPS) is 19.0. The van der Waals surface area contributed by atoms with E-state index >= 15 is 0 Å². The lowest BCUT2D eigenvalue weighted by Crippen LogP contribution is -2.50. The maximum Gasteiger partial charge on any atom is 0.435 e. The molecule has 4 heterocycles. The Bertz CT molecular complexity index is 1170. The van der Waals surface area contributed by atoms with E-state index in [1.807, 2.05) is 6.92 Å². The van der Waals surface area contributed by atoms with Crippen molar-refractivity contribution in [2.24, 2.45) is 0 Å². The van der Waals surface area contributed by atoms with Gasteiger partial charge in [0.15, 0.2) is 23.2 Å². The Kier molecular flexibility index (Phi) is 5.88. The van der Waals surface area contributed by atoms with Crippen LogP contribution in [0.3, 0.4) is 0 Å². The number of hydrogen-bond acceptors (Lipinski definition) is 7. The molecule has 1 saturated heterocycles. The van der Waals surface area contributed by atoms with Gasteiger partial charge in [0.05, 0.1) is 25.1 Å². The molecule has 2 N–H and O–H groups in total. The summed E-state index contributed by atoms with van der Waals surface area (Å²) in [4.78, 5) is 20.4. The third kappa shape index (κ3) is 4.85. The number of ether oxygens (including phenoxy) is 1. The van der Waals surface area contributed by atoms with Gasteiger partial charge in [-0.05, 0) is 19.9 Å². The highest BCUT2D eigenvalue weighted by Crippen LogP contribution is 2.28. The molecule has 10 nitrogen and oxygen atoms in total. The van der Waals surface area contributed by atoms with Crippen LogP contribution in [0.25, 0.3) is 5.82 Å². The van der Waals surface area contributed by atoms with Gasteiger partial charge < -0.3 is 15.4 Å². The van der Waals surface area contributed by atoms with Crippen LogP contribution in [0.2, 0.25) is 0 Å². The minimum atomic E-state index is -4.62. The van der Waals surface area contributed by atoms with E-state index in [0.29, 0.717) is 25.6 Å². The molecule has 3 aromatic rings. The van der Waals surface area contributed by atoms with Gasteiger partial charge in [-0.2, -0.15) is 23.0 Å². The van der Waals surface area contributed by atoms with Crippen LogP contribution in [0.4, 0.5) is 23.2 Å². The number of carbonyl (C=O) groups excluding carboxylic acids is 1. The number of amides is 1. The number of aromatic nitrogens is 6. The van der Waals surface area contributed by atoms with Crippen LogP contribution in [0.5, 0.6) is 0 Å². The molecule has 0 saturated carbocycles. The topological polar surface area (TPSA) is 112 Å². The summed E-state index contributed by atoms with van der Waals surface area (Å²) in [5.41, 5.74) is -1.53. The maximum absolute atomic E-state index is 14.7. The molecular weight excluding hydrogens is 448 g/mol. The predicted octanol–water partition coefficient (Wildman–Crippen LogP) is 1.80. The summed E-state index contributed by atoms with van der Waals surface area (Å²) < 4.78 is 60.5. The number of nitrogens with one attached hydrogen (secondary N) is 2. The van der Waals surface area contributed by atoms with Gasteiger partial charge in [-0.1, -0.05) is 0 Å². The molecule has 4 rings (SSSR count). The second-order valence-electron chi connectivity index (χ2n) is 7.73. The van der Waals surface area contributed by atoms with Crippen molar-refractivity contribution in [3.63, 3.8) is 0 Å². The predicted molar refractivity (Wildman–Crippen MR) is 106 cm³/mol. The highest BCUT2D eigenvalue weighted by Gasteiger charge is 2.35. The number of aryl methyl sites for hydroxylation is 1. The molecule has 1 fully saturated rings. The van der Waals surface area contributed by atoms with Crippen LogP contribution in [0, 0.1) is 12.7 Å². The molecule has 0 radical (unpaired) electrons. The standard InChI is InChI=1S/C19H20F4N8O2/c1-11-5-14(19(21,22)23)28-30(11)8-15(32)27-12-6-13(20)16(24-7-12)31-10-25-17(29-31)18(2)9-33-4-3-26-18/h5-7,10,26H,3-4,8-9H2,1-2H3,(H,27,32). The zero-order valence-corrected chi connectivity index (χ0v) is 17.6. The van der Waals surface area contributed by atoms with E-state index in [1.54, 1.807) is 0 Å². The summed E-state index contributed by atoms with van der Waals surface area (Å²) in [7, 11) is 0. The largest absolute Gasteiger partial charge is 0.435 e. The molecule has 1 atom stereocenters. The molecule has 0 aromatic carbocycles. The van der Waals surface area contributed by atoms with Gasteiger partial charge in [0.1, 0.15) is 18.4 Å². The molecule has 0 bridgehead atoms. The number of pyridine rings is 1. The highest BCUT2D eigenvalue weighted by atomic mass is 19.4. The molecule has 1 aliphatic rings. The fourth-order valence-electron chi connectivity index (χ4n) is 3.30. The molecule has 0 spiro atoms. The molecule has 176 valence electrons. The van der Waals surface area contributed by atoms with Gasteiger partial charge in [0, 0.05) is 18.3 Å². The smallest absolute Gasteiger partial charge is 0.378 e. The van der Waals surface area contributed by atoms with Crippen LogP contribution in [0.15, 0.2) is 24.7 Å². The average Bonchev–Trinajstić information content (AvgIpc) is 3.36. The first-order valence-electron chi connectivity index (χ1n) is 9.87. The molecule has 33 heavy (non-hydrogen) atoms. The van der Waals surface area contributed by atoms with Gasteiger partial charge in [-0.15, -0.1) is 5.10 Å². The molecule has 0 aliphatic carbocycles. The van der Waals surface area contributed by atoms with Crippen molar-refractivity contribution in [3.05, 3.63) is 47.7 Å². The second-order valence-corrected chi connectivity index (χ2v) is 7.73. The Morgan fingerprint density at radius 1 is 1.30 bits per heavy atom. The van der Waals surface area contributed by atoms with Crippen molar-refractivity contribution in [1.82, 2.24) is 34.8 Å². The number of hydrogen-bond donors (Lipinski definition) is 2. The lowest BCUT2D eigenvalue weighted by molar-refractivity contribution is -0.141. The number of morpholine rings is 1. The molecule has 14 heteroatoms. The molecule has 3 aromatic heterocycles. The van der Waals surface area contributed by atoms with Crippen LogP contribution in [-0.2, 0) is 27.8 Å². The van der Waals surface area contributed by atoms with Gasteiger partial charge in [-0.25, -0.2) is 14.4 Å². The first-order valence-corrected chi connectivity index (χ1v) is 9.87. The SMILES string of the molecule is Cc1cc(C(F)(F)F)nn1CC(=O)Nc1cnc(-n2cnc(C3(C)COCCN3)n2)c(F)c1. The average molecular weight is 468 g/mol. The van der Waals surface area contributed by atoms with Gasteiger partial charge in [-0.3, -0.25) is 9.48 Å². The monoisotopic (exact) mass is 468 g/mol. The molecule has 1 amide bonds. The number of nitrogens with zero attached hydrogens (tertiary/aromatic N) is 6. The summed E-state index contributed by atoms with van der Waals surface area (Å²) in [5, 5.41) is 13.3. The Balaban J connectivity index is 1.45. The Morgan fingerprint density at radius 3 is 2.73 bits per heavy atom. The molecule has 1 aliphatic heterocycles. The van der Waals surface area contributed by atoms with Gasteiger partial charge in [0.2, 0.25) is 5.91 Å². The van der Waals surface area contributed by atoms with Gasteiger partial charge in [0.25, 0.3) is 0 Å². The van der Waals surface area contributed by atoms with E-state index in [0.717, 1.165) is 16.8 Å². The lowest BCUT2D eigenvalue weighted by Gasteiger charge is -2.32. The Labute approximate surface area is 185 Å². The van der Waals surface area contributed by atoms with Crippen molar-refractivity contribution in [2.75, 3.05) is 25.1 Å². The summed E-state index contributed by atoms with van der Waals surface area (Å²) in [5.74, 6) is -1.20. The molecular formula is C19H20F4N8O2. The van der Waals surface area contributed by atoms with Crippen LogP contribution < -0.4 is 10.6 Å². The molecule has 1 unspecified atom stereocenters. The van der Waals surface area contributed by atoms with E-state index < -0.39 is 35.7 Å². The first-order chi connectivity index (χ1) is 15.5. The summed E-state index contributed by atoms with van der Waals surface area (Å²) in [6, 6.07) is 1.87.